The van der Waals surface area contributed by atoms with Crippen molar-refractivity contribution in [3.8, 4) is 11.5 Å². The summed E-state index contributed by atoms with van der Waals surface area (Å²) in [6.07, 6.45) is 0.880. The summed E-state index contributed by atoms with van der Waals surface area (Å²) in [4.78, 5) is 26.6. The first kappa shape index (κ1) is 19.2. The third-order valence-corrected chi connectivity index (χ3v) is 5.69. The number of ether oxygens (including phenoxy) is 1. The SMILES string of the molecule is COc1cc(C2CNC(=O)C(C)=C2C)cc(O)c1CN1CCN(C=O)CC1. The molecule has 1 aromatic carbocycles. The van der Waals surface area contributed by atoms with Crippen molar-refractivity contribution in [2.75, 3.05) is 39.8 Å². The molecule has 0 radical (unpaired) electrons. The molecule has 1 atom stereocenters. The van der Waals surface area contributed by atoms with Gasteiger partial charge in [-0.3, -0.25) is 14.5 Å². The molecule has 2 amide bonds. The second kappa shape index (κ2) is 8.00. The van der Waals surface area contributed by atoms with Crippen molar-refractivity contribution in [1.29, 1.82) is 0 Å². The van der Waals surface area contributed by atoms with Gasteiger partial charge in [-0.05, 0) is 31.5 Å². The first-order valence-electron chi connectivity index (χ1n) is 9.21. The Morgan fingerprint density at radius 2 is 1.96 bits per heavy atom. The van der Waals surface area contributed by atoms with Crippen LogP contribution in [0.1, 0.15) is 30.9 Å². The van der Waals surface area contributed by atoms with Gasteiger partial charge < -0.3 is 20.1 Å². The Morgan fingerprint density at radius 1 is 1.26 bits per heavy atom. The molecular formula is C20H27N3O4. The Kier molecular flexibility index (Phi) is 5.70. The third-order valence-electron chi connectivity index (χ3n) is 5.69. The third kappa shape index (κ3) is 3.93. The fraction of sp³-hybridized carbons (Fsp3) is 0.500. The molecule has 1 aromatic rings. The van der Waals surface area contributed by atoms with Crippen LogP contribution in [0.3, 0.4) is 0 Å². The van der Waals surface area contributed by atoms with Crippen LogP contribution in [0.2, 0.25) is 0 Å². The van der Waals surface area contributed by atoms with E-state index in [0.29, 0.717) is 31.9 Å². The highest BCUT2D eigenvalue weighted by Gasteiger charge is 2.26. The van der Waals surface area contributed by atoms with Gasteiger partial charge >= 0.3 is 0 Å². The highest BCUT2D eigenvalue weighted by Crippen LogP contribution is 2.37. The van der Waals surface area contributed by atoms with Gasteiger partial charge in [-0.15, -0.1) is 0 Å². The molecule has 2 N–H and O–H groups in total. The number of methoxy groups -OCH3 is 1. The lowest BCUT2D eigenvalue weighted by atomic mass is 9.85. The van der Waals surface area contributed by atoms with Crippen molar-refractivity contribution in [3.05, 3.63) is 34.4 Å². The van der Waals surface area contributed by atoms with E-state index < -0.39 is 0 Å². The number of phenolic OH excluding ortho intramolecular Hbond substituents is 1. The van der Waals surface area contributed by atoms with Crippen LogP contribution in [0.4, 0.5) is 0 Å². The first-order chi connectivity index (χ1) is 12.9. The van der Waals surface area contributed by atoms with Crippen molar-refractivity contribution < 1.29 is 19.4 Å². The molecular weight excluding hydrogens is 346 g/mol. The van der Waals surface area contributed by atoms with Crippen LogP contribution in [0, 0.1) is 0 Å². The predicted octanol–water partition coefficient (Wildman–Crippen LogP) is 1.22. The zero-order valence-electron chi connectivity index (χ0n) is 16.1. The van der Waals surface area contributed by atoms with E-state index in [4.69, 9.17) is 4.74 Å². The maximum atomic E-state index is 11.8. The largest absolute Gasteiger partial charge is 0.507 e. The number of phenols is 1. The topological polar surface area (TPSA) is 82.1 Å². The molecule has 1 fully saturated rings. The number of nitrogens with one attached hydrogen (secondary N) is 1. The molecule has 2 aliphatic heterocycles. The minimum Gasteiger partial charge on any atom is -0.507 e. The lowest BCUT2D eigenvalue weighted by Gasteiger charge is -2.33. The predicted molar refractivity (Wildman–Crippen MR) is 102 cm³/mol. The van der Waals surface area contributed by atoms with E-state index >= 15 is 0 Å². The van der Waals surface area contributed by atoms with Crippen LogP contribution in [0.15, 0.2) is 23.3 Å². The van der Waals surface area contributed by atoms with Crippen LogP contribution in [0.25, 0.3) is 0 Å². The summed E-state index contributed by atoms with van der Waals surface area (Å²) in [5.74, 6) is 0.827. The van der Waals surface area contributed by atoms with E-state index in [9.17, 15) is 14.7 Å². The average molecular weight is 373 g/mol. The van der Waals surface area contributed by atoms with E-state index in [1.54, 1.807) is 18.1 Å². The fourth-order valence-electron chi connectivity index (χ4n) is 3.73. The van der Waals surface area contributed by atoms with Gasteiger partial charge in [0.2, 0.25) is 12.3 Å². The molecule has 1 unspecified atom stereocenters. The summed E-state index contributed by atoms with van der Waals surface area (Å²) >= 11 is 0. The van der Waals surface area contributed by atoms with E-state index in [1.807, 2.05) is 19.9 Å². The van der Waals surface area contributed by atoms with E-state index in [-0.39, 0.29) is 17.6 Å². The minimum absolute atomic E-state index is 0.0210. The van der Waals surface area contributed by atoms with Gasteiger partial charge in [0.25, 0.3) is 0 Å². The highest BCUT2D eigenvalue weighted by molar-refractivity contribution is 5.94. The number of carbonyl (C=O) groups excluding carboxylic acids is 2. The lowest BCUT2D eigenvalue weighted by Crippen LogP contribution is -2.45. The second-order valence-corrected chi connectivity index (χ2v) is 7.21. The molecule has 2 heterocycles. The van der Waals surface area contributed by atoms with E-state index in [2.05, 4.69) is 10.2 Å². The molecule has 1 saturated heterocycles. The van der Waals surface area contributed by atoms with Gasteiger partial charge in [-0.25, -0.2) is 0 Å². The average Bonchev–Trinajstić information content (AvgIpc) is 2.68. The second-order valence-electron chi connectivity index (χ2n) is 7.21. The number of benzene rings is 1. The molecule has 7 heteroatoms. The molecule has 27 heavy (non-hydrogen) atoms. The Hall–Kier alpha value is -2.54. The molecule has 0 bridgehead atoms. The molecule has 146 valence electrons. The Balaban J connectivity index is 1.84. The summed E-state index contributed by atoms with van der Waals surface area (Å²) in [7, 11) is 1.60. The molecule has 2 aliphatic rings. The summed E-state index contributed by atoms with van der Waals surface area (Å²) in [5.41, 5.74) is 3.41. The molecule has 3 rings (SSSR count). The molecule has 7 nitrogen and oxygen atoms in total. The number of hydrogen-bond donors (Lipinski definition) is 2. The van der Waals surface area contributed by atoms with Crippen molar-refractivity contribution in [2.45, 2.75) is 26.3 Å². The summed E-state index contributed by atoms with van der Waals surface area (Å²) < 4.78 is 5.57. The van der Waals surface area contributed by atoms with Gasteiger partial charge in [0, 0.05) is 56.3 Å². The normalized spacial score (nSPS) is 21.2. The summed E-state index contributed by atoms with van der Waals surface area (Å²) in [6.45, 7) is 7.77. The number of hydrogen-bond acceptors (Lipinski definition) is 5. The van der Waals surface area contributed by atoms with Crippen molar-refractivity contribution in [2.24, 2.45) is 0 Å². The van der Waals surface area contributed by atoms with Crippen molar-refractivity contribution in [1.82, 2.24) is 15.1 Å². The number of rotatable bonds is 5. The molecule has 0 spiro atoms. The summed E-state index contributed by atoms with van der Waals surface area (Å²) in [5, 5.41) is 13.6. The van der Waals surface area contributed by atoms with Gasteiger partial charge in [-0.1, -0.05) is 5.57 Å². The van der Waals surface area contributed by atoms with Gasteiger partial charge in [0.05, 0.1) is 7.11 Å². The summed E-state index contributed by atoms with van der Waals surface area (Å²) in [6, 6.07) is 3.73. The zero-order valence-corrected chi connectivity index (χ0v) is 16.1. The maximum absolute atomic E-state index is 11.8. The van der Waals surface area contributed by atoms with E-state index in [0.717, 1.165) is 41.8 Å². The van der Waals surface area contributed by atoms with Crippen LogP contribution in [-0.4, -0.2) is 67.1 Å². The number of piperazine rings is 1. The standard InChI is InChI=1S/C20H27N3O4/c1-13-14(2)20(26)21-10-16(13)15-8-18(25)17(19(9-15)27-3)11-22-4-6-23(12-24)7-5-22/h8-9,12,16,25H,4-7,10-11H2,1-3H3,(H,21,26). The van der Waals surface area contributed by atoms with Gasteiger partial charge in [-0.2, -0.15) is 0 Å². The van der Waals surface area contributed by atoms with Crippen LogP contribution in [-0.2, 0) is 16.1 Å². The van der Waals surface area contributed by atoms with Gasteiger partial charge in [0.15, 0.2) is 0 Å². The maximum Gasteiger partial charge on any atom is 0.246 e. The number of amides is 2. The Bertz CT molecular complexity index is 767. The van der Waals surface area contributed by atoms with E-state index in [1.165, 1.54) is 0 Å². The molecule has 0 saturated carbocycles. The lowest BCUT2D eigenvalue weighted by molar-refractivity contribution is -0.120. The fourth-order valence-corrected chi connectivity index (χ4v) is 3.73. The number of nitrogens with zero attached hydrogens (tertiary/aromatic N) is 2. The molecule has 0 aliphatic carbocycles. The van der Waals surface area contributed by atoms with Gasteiger partial charge in [0.1, 0.15) is 11.5 Å². The van der Waals surface area contributed by atoms with Crippen LogP contribution < -0.4 is 10.1 Å². The Morgan fingerprint density at radius 3 is 2.59 bits per heavy atom. The van der Waals surface area contributed by atoms with Crippen LogP contribution in [0.5, 0.6) is 11.5 Å². The first-order valence-corrected chi connectivity index (χ1v) is 9.21. The van der Waals surface area contributed by atoms with Crippen molar-refractivity contribution in [3.63, 3.8) is 0 Å². The number of aromatic hydroxyl groups is 1. The molecule has 0 aromatic heterocycles. The van der Waals surface area contributed by atoms with Crippen molar-refractivity contribution >= 4 is 12.3 Å². The Labute approximate surface area is 159 Å². The highest BCUT2D eigenvalue weighted by atomic mass is 16.5. The smallest absolute Gasteiger partial charge is 0.246 e. The van der Waals surface area contributed by atoms with Crippen LogP contribution >= 0.6 is 0 Å². The quantitative estimate of drug-likeness (QED) is 0.759. The zero-order chi connectivity index (χ0) is 19.6. The monoisotopic (exact) mass is 373 g/mol. The minimum atomic E-state index is -0.0361. The number of carbonyl (C=O) groups is 2.